The van der Waals surface area contributed by atoms with Gasteiger partial charge in [-0.2, -0.15) is 13.2 Å². The lowest BCUT2D eigenvalue weighted by atomic mass is 10.2. The van der Waals surface area contributed by atoms with E-state index in [0.29, 0.717) is 16.7 Å². The SMILES string of the molecule is Cc1ccnc(-n2c(SCC(=O)N(CC(F)(F)F)C(C)C3CC3)nc3ccccc3c2=O)c1. The van der Waals surface area contributed by atoms with Gasteiger partial charge in [-0.1, -0.05) is 23.9 Å². The zero-order chi connectivity index (χ0) is 23.8. The molecule has 0 aliphatic heterocycles. The summed E-state index contributed by atoms with van der Waals surface area (Å²) in [4.78, 5) is 35.9. The molecule has 2 aromatic heterocycles. The number of carbonyl (C=O) groups is 1. The van der Waals surface area contributed by atoms with Crippen molar-refractivity contribution in [2.75, 3.05) is 12.3 Å². The molecular formula is C23H23F3N4O2S. The van der Waals surface area contributed by atoms with Crippen LogP contribution in [-0.2, 0) is 4.79 Å². The van der Waals surface area contributed by atoms with Crippen LogP contribution in [0.3, 0.4) is 0 Å². The number of halogens is 3. The van der Waals surface area contributed by atoms with Crippen molar-refractivity contribution >= 4 is 28.6 Å². The van der Waals surface area contributed by atoms with E-state index in [1.54, 1.807) is 49.5 Å². The number of rotatable bonds is 7. The maximum atomic E-state index is 13.3. The molecule has 0 radical (unpaired) electrons. The summed E-state index contributed by atoms with van der Waals surface area (Å²) >= 11 is 0.942. The van der Waals surface area contributed by atoms with Gasteiger partial charge in [0.1, 0.15) is 12.4 Å². The number of thioether (sulfide) groups is 1. The van der Waals surface area contributed by atoms with E-state index in [1.807, 2.05) is 6.92 Å². The van der Waals surface area contributed by atoms with E-state index in [2.05, 4.69) is 9.97 Å². The number of aromatic nitrogens is 3. The average molecular weight is 477 g/mol. The molecule has 1 aromatic carbocycles. The van der Waals surface area contributed by atoms with Gasteiger partial charge in [0.2, 0.25) is 5.91 Å². The van der Waals surface area contributed by atoms with Gasteiger partial charge in [0.25, 0.3) is 5.56 Å². The Balaban J connectivity index is 1.68. The van der Waals surface area contributed by atoms with Gasteiger partial charge in [-0.05, 0) is 62.4 Å². The molecule has 1 amide bonds. The predicted octanol–water partition coefficient (Wildman–Crippen LogP) is 4.37. The van der Waals surface area contributed by atoms with Crippen molar-refractivity contribution in [3.05, 3.63) is 58.5 Å². The van der Waals surface area contributed by atoms with Gasteiger partial charge in [0, 0.05) is 12.2 Å². The minimum atomic E-state index is -4.49. The average Bonchev–Trinajstić information content (AvgIpc) is 3.60. The topological polar surface area (TPSA) is 68.1 Å². The van der Waals surface area contributed by atoms with Crippen LogP contribution in [0.2, 0.25) is 0 Å². The minimum Gasteiger partial charge on any atom is -0.330 e. The van der Waals surface area contributed by atoms with Crippen LogP contribution in [0.15, 0.2) is 52.5 Å². The number of benzene rings is 1. The highest BCUT2D eigenvalue weighted by Crippen LogP contribution is 2.36. The quantitative estimate of drug-likeness (QED) is 0.374. The van der Waals surface area contributed by atoms with Crippen molar-refractivity contribution < 1.29 is 18.0 Å². The number of carbonyl (C=O) groups excluding carboxylic acids is 1. The number of fused-ring (bicyclic) bond motifs is 1. The van der Waals surface area contributed by atoms with Crippen LogP contribution >= 0.6 is 11.8 Å². The van der Waals surface area contributed by atoms with Crippen molar-refractivity contribution in [1.82, 2.24) is 19.4 Å². The van der Waals surface area contributed by atoms with Gasteiger partial charge in [-0.15, -0.1) is 0 Å². The summed E-state index contributed by atoms with van der Waals surface area (Å²) in [7, 11) is 0. The lowest BCUT2D eigenvalue weighted by Crippen LogP contribution is -2.46. The third-order valence-electron chi connectivity index (χ3n) is 5.67. The van der Waals surface area contributed by atoms with Gasteiger partial charge in [0.15, 0.2) is 5.16 Å². The molecule has 2 heterocycles. The van der Waals surface area contributed by atoms with Crippen LogP contribution < -0.4 is 5.56 Å². The van der Waals surface area contributed by atoms with Crippen LogP contribution in [0.5, 0.6) is 0 Å². The molecule has 0 N–H and O–H groups in total. The molecule has 0 bridgehead atoms. The van der Waals surface area contributed by atoms with Crippen LogP contribution in [0.4, 0.5) is 13.2 Å². The van der Waals surface area contributed by atoms with Crippen molar-refractivity contribution in [1.29, 1.82) is 0 Å². The number of alkyl halides is 3. The highest BCUT2D eigenvalue weighted by Gasteiger charge is 2.40. The van der Waals surface area contributed by atoms with Crippen LogP contribution in [0.1, 0.15) is 25.3 Å². The van der Waals surface area contributed by atoms with Gasteiger partial charge in [-0.3, -0.25) is 9.59 Å². The van der Waals surface area contributed by atoms with Crippen molar-refractivity contribution in [3.63, 3.8) is 0 Å². The number of amides is 1. The summed E-state index contributed by atoms with van der Waals surface area (Å²) in [6.45, 7) is 2.23. The Morgan fingerprint density at radius 1 is 1.27 bits per heavy atom. The van der Waals surface area contributed by atoms with Crippen LogP contribution in [0.25, 0.3) is 16.7 Å². The van der Waals surface area contributed by atoms with E-state index in [1.165, 1.54) is 4.57 Å². The number of hydrogen-bond donors (Lipinski definition) is 0. The summed E-state index contributed by atoms with van der Waals surface area (Å²) in [5.41, 5.74) is 0.966. The molecule has 174 valence electrons. The molecule has 1 fully saturated rings. The van der Waals surface area contributed by atoms with Crippen molar-refractivity contribution in [2.45, 2.75) is 44.1 Å². The fourth-order valence-corrected chi connectivity index (χ4v) is 4.64. The largest absolute Gasteiger partial charge is 0.406 e. The Hall–Kier alpha value is -2.88. The monoisotopic (exact) mass is 476 g/mol. The molecule has 6 nitrogen and oxygen atoms in total. The summed E-state index contributed by atoms with van der Waals surface area (Å²) in [6, 6.07) is 9.81. The van der Waals surface area contributed by atoms with E-state index in [9.17, 15) is 22.8 Å². The number of nitrogens with zero attached hydrogens (tertiary/aromatic N) is 4. The van der Waals surface area contributed by atoms with Gasteiger partial charge >= 0.3 is 6.18 Å². The molecule has 10 heteroatoms. The number of hydrogen-bond acceptors (Lipinski definition) is 5. The van der Waals surface area contributed by atoms with Crippen molar-refractivity contribution in [3.8, 4) is 5.82 Å². The zero-order valence-electron chi connectivity index (χ0n) is 18.2. The first-order chi connectivity index (χ1) is 15.6. The molecule has 0 spiro atoms. The molecule has 1 aliphatic rings. The van der Waals surface area contributed by atoms with E-state index < -0.39 is 24.7 Å². The second-order valence-electron chi connectivity index (χ2n) is 8.25. The lowest BCUT2D eigenvalue weighted by molar-refractivity contribution is -0.164. The highest BCUT2D eigenvalue weighted by atomic mass is 32.2. The molecule has 1 saturated carbocycles. The maximum Gasteiger partial charge on any atom is 0.406 e. The normalized spacial score (nSPS) is 14.9. The van der Waals surface area contributed by atoms with Crippen LogP contribution in [-0.4, -0.2) is 49.9 Å². The second-order valence-corrected chi connectivity index (χ2v) is 9.19. The third kappa shape index (κ3) is 5.38. The smallest absolute Gasteiger partial charge is 0.330 e. The molecule has 33 heavy (non-hydrogen) atoms. The number of pyridine rings is 1. The van der Waals surface area contributed by atoms with Crippen molar-refractivity contribution in [2.24, 2.45) is 5.92 Å². The first-order valence-corrected chi connectivity index (χ1v) is 11.6. The summed E-state index contributed by atoms with van der Waals surface area (Å²) in [5, 5.41) is 0.591. The van der Waals surface area contributed by atoms with E-state index in [4.69, 9.17) is 0 Å². The summed E-state index contributed by atoms with van der Waals surface area (Å²) < 4.78 is 40.8. The minimum absolute atomic E-state index is 0.0924. The number of aryl methyl sites for hydroxylation is 1. The standard InChI is InChI=1S/C23H23F3N4O2S/c1-14-9-10-27-19(11-14)30-21(32)17-5-3-4-6-18(17)28-22(30)33-12-20(31)29(13-23(24,25)26)15(2)16-7-8-16/h3-6,9-11,15-16H,7-8,12-13H2,1-2H3. The van der Waals surface area contributed by atoms with Gasteiger partial charge in [0.05, 0.1) is 16.7 Å². The number of para-hydroxylation sites is 1. The van der Waals surface area contributed by atoms with E-state index >= 15 is 0 Å². The molecule has 3 aromatic rings. The molecule has 1 aliphatic carbocycles. The Morgan fingerprint density at radius 2 is 2.00 bits per heavy atom. The molecule has 0 saturated heterocycles. The molecule has 1 unspecified atom stereocenters. The fraction of sp³-hybridized carbons (Fsp3) is 0.391. The Kier molecular flexibility index (Phi) is 6.47. The van der Waals surface area contributed by atoms with Gasteiger partial charge < -0.3 is 4.90 Å². The zero-order valence-corrected chi connectivity index (χ0v) is 19.0. The lowest BCUT2D eigenvalue weighted by Gasteiger charge is -2.30. The third-order valence-corrected chi connectivity index (χ3v) is 6.59. The first-order valence-electron chi connectivity index (χ1n) is 10.6. The van der Waals surface area contributed by atoms with Crippen LogP contribution in [0, 0.1) is 12.8 Å². The summed E-state index contributed by atoms with van der Waals surface area (Å²) in [6.07, 6.45) is -1.28. The Morgan fingerprint density at radius 3 is 2.67 bits per heavy atom. The molecule has 4 rings (SSSR count). The Labute approximate surface area is 192 Å². The Bertz CT molecular complexity index is 1240. The summed E-state index contributed by atoms with van der Waals surface area (Å²) in [5.74, 6) is -0.478. The van der Waals surface area contributed by atoms with E-state index in [0.717, 1.165) is 35.1 Å². The maximum absolute atomic E-state index is 13.3. The molecule has 1 atom stereocenters. The molecular weight excluding hydrogens is 453 g/mol. The highest BCUT2D eigenvalue weighted by molar-refractivity contribution is 7.99. The first kappa shape index (κ1) is 23.3. The fourth-order valence-electron chi connectivity index (χ4n) is 3.75. The second kappa shape index (κ2) is 9.17. The predicted molar refractivity (Wildman–Crippen MR) is 121 cm³/mol. The van der Waals surface area contributed by atoms with Gasteiger partial charge in [-0.25, -0.2) is 14.5 Å². The van der Waals surface area contributed by atoms with E-state index in [-0.39, 0.29) is 22.4 Å².